The van der Waals surface area contributed by atoms with Crippen molar-refractivity contribution in [1.29, 1.82) is 0 Å². The molecule has 10 heteroatoms. The van der Waals surface area contributed by atoms with Crippen LogP contribution in [0.15, 0.2) is 48.8 Å². The number of carbonyl (C=O) groups excluding carboxylic acids is 1. The van der Waals surface area contributed by atoms with Gasteiger partial charge in [-0.15, -0.1) is 5.10 Å². The zero-order chi connectivity index (χ0) is 17.8. The molecule has 1 N–H and O–H groups in total. The first-order valence-corrected chi connectivity index (χ1v) is 7.05. The van der Waals surface area contributed by atoms with Crippen molar-refractivity contribution in [2.24, 2.45) is 0 Å². The van der Waals surface area contributed by atoms with E-state index in [0.717, 1.165) is 0 Å². The number of nitrogens with zero attached hydrogens (tertiary/aromatic N) is 5. The van der Waals surface area contributed by atoms with E-state index in [1.54, 1.807) is 24.3 Å². The number of benzene rings is 2. The number of methoxy groups -OCH3 is 1. The number of nitrogens with one attached hydrogen (secondary N) is 1. The first kappa shape index (κ1) is 16.1. The summed E-state index contributed by atoms with van der Waals surface area (Å²) in [4.78, 5) is 22.8. The highest BCUT2D eigenvalue weighted by Crippen LogP contribution is 2.28. The fourth-order valence-electron chi connectivity index (χ4n) is 2.18. The number of hydrogen-bond acceptors (Lipinski definition) is 7. The predicted octanol–water partition coefficient (Wildman–Crippen LogP) is 1.83. The molecule has 1 amide bonds. The van der Waals surface area contributed by atoms with E-state index in [-0.39, 0.29) is 17.0 Å². The van der Waals surface area contributed by atoms with E-state index >= 15 is 0 Å². The number of hydrogen-bond donors (Lipinski definition) is 1. The van der Waals surface area contributed by atoms with Gasteiger partial charge >= 0.3 is 5.69 Å². The number of nitro benzene ring substituents is 1. The molecule has 0 unspecified atom stereocenters. The van der Waals surface area contributed by atoms with Gasteiger partial charge in [0.15, 0.2) is 5.75 Å². The number of carbonyl (C=O) groups is 1. The molecule has 0 aliphatic carbocycles. The van der Waals surface area contributed by atoms with Crippen LogP contribution < -0.4 is 10.1 Å². The Balaban J connectivity index is 1.84. The summed E-state index contributed by atoms with van der Waals surface area (Å²) in [5, 5.41) is 24.6. The third kappa shape index (κ3) is 3.42. The Labute approximate surface area is 141 Å². The normalized spacial score (nSPS) is 10.3. The largest absolute Gasteiger partial charge is 0.490 e. The Kier molecular flexibility index (Phi) is 4.33. The highest BCUT2D eigenvalue weighted by Gasteiger charge is 2.18. The van der Waals surface area contributed by atoms with Crippen molar-refractivity contribution in [3.63, 3.8) is 0 Å². The number of nitro groups is 1. The van der Waals surface area contributed by atoms with Crippen LogP contribution in [0, 0.1) is 10.1 Å². The number of aromatic nitrogens is 4. The lowest BCUT2D eigenvalue weighted by atomic mass is 10.1. The third-order valence-corrected chi connectivity index (χ3v) is 3.36. The van der Waals surface area contributed by atoms with E-state index in [1.165, 1.54) is 36.3 Å². The number of amides is 1. The van der Waals surface area contributed by atoms with Gasteiger partial charge in [0.2, 0.25) is 0 Å². The molecule has 0 bridgehead atoms. The van der Waals surface area contributed by atoms with E-state index in [2.05, 4.69) is 20.8 Å². The molecule has 126 valence electrons. The van der Waals surface area contributed by atoms with Gasteiger partial charge in [0, 0.05) is 17.3 Å². The summed E-state index contributed by atoms with van der Waals surface area (Å²) in [7, 11) is 1.33. The van der Waals surface area contributed by atoms with Gasteiger partial charge in [-0.05, 0) is 40.8 Å². The summed E-state index contributed by atoms with van der Waals surface area (Å²) in [5.74, 6) is -0.401. The van der Waals surface area contributed by atoms with Crippen LogP contribution in [0.1, 0.15) is 10.4 Å². The molecule has 0 fully saturated rings. The summed E-state index contributed by atoms with van der Waals surface area (Å²) < 4.78 is 6.36. The summed E-state index contributed by atoms with van der Waals surface area (Å²) in [6.07, 6.45) is 1.42. The summed E-state index contributed by atoms with van der Waals surface area (Å²) in [6, 6.07) is 10.8. The molecule has 25 heavy (non-hydrogen) atoms. The Bertz CT molecular complexity index is 926. The van der Waals surface area contributed by atoms with E-state index in [1.807, 2.05) is 0 Å². The SMILES string of the molecule is COc1ccc(C(=O)Nc2cccc(-n3cnnn3)c2)cc1[N+](=O)[O-]. The van der Waals surface area contributed by atoms with Crippen molar-refractivity contribution >= 4 is 17.3 Å². The highest BCUT2D eigenvalue weighted by atomic mass is 16.6. The van der Waals surface area contributed by atoms with Crippen molar-refractivity contribution in [1.82, 2.24) is 20.2 Å². The molecule has 1 aromatic heterocycles. The second kappa shape index (κ2) is 6.74. The van der Waals surface area contributed by atoms with Gasteiger partial charge in [-0.2, -0.15) is 0 Å². The molecule has 3 rings (SSSR count). The molecular formula is C15H12N6O4. The fraction of sp³-hybridized carbons (Fsp3) is 0.0667. The van der Waals surface area contributed by atoms with E-state index in [0.29, 0.717) is 11.4 Å². The van der Waals surface area contributed by atoms with Crippen molar-refractivity contribution in [2.45, 2.75) is 0 Å². The fourth-order valence-corrected chi connectivity index (χ4v) is 2.18. The minimum absolute atomic E-state index is 0.0854. The molecule has 10 nitrogen and oxygen atoms in total. The summed E-state index contributed by atoms with van der Waals surface area (Å²) in [6.45, 7) is 0. The Morgan fingerprint density at radius 3 is 2.80 bits per heavy atom. The molecular weight excluding hydrogens is 328 g/mol. The monoisotopic (exact) mass is 340 g/mol. The van der Waals surface area contributed by atoms with Crippen LogP contribution in [-0.4, -0.2) is 38.1 Å². The first-order chi connectivity index (χ1) is 12.1. The van der Waals surface area contributed by atoms with E-state index in [4.69, 9.17) is 4.74 Å². The van der Waals surface area contributed by atoms with Crippen molar-refractivity contribution in [2.75, 3.05) is 12.4 Å². The van der Waals surface area contributed by atoms with Crippen LogP contribution in [0.2, 0.25) is 0 Å². The Morgan fingerprint density at radius 2 is 2.12 bits per heavy atom. The quantitative estimate of drug-likeness (QED) is 0.555. The van der Waals surface area contributed by atoms with Crippen LogP contribution in [0.5, 0.6) is 5.75 Å². The van der Waals surface area contributed by atoms with Gasteiger partial charge in [-0.1, -0.05) is 6.07 Å². The smallest absolute Gasteiger partial charge is 0.311 e. The van der Waals surface area contributed by atoms with Gasteiger partial charge in [0.05, 0.1) is 17.7 Å². The number of anilines is 1. The van der Waals surface area contributed by atoms with Gasteiger partial charge in [0.1, 0.15) is 6.33 Å². The van der Waals surface area contributed by atoms with Crippen molar-refractivity contribution in [3.05, 3.63) is 64.5 Å². The number of ether oxygens (including phenoxy) is 1. The van der Waals surface area contributed by atoms with Crippen LogP contribution in [-0.2, 0) is 0 Å². The molecule has 0 saturated carbocycles. The minimum atomic E-state index is -0.603. The van der Waals surface area contributed by atoms with Gasteiger partial charge in [-0.25, -0.2) is 4.68 Å². The second-order valence-electron chi connectivity index (χ2n) is 4.90. The zero-order valence-corrected chi connectivity index (χ0v) is 13.0. The standard InChI is InChI=1S/C15H12N6O4/c1-25-14-6-5-10(7-13(14)21(23)24)15(22)17-11-3-2-4-12(8-11)20-9-16-18-19-20/h2-9H,1H3,(H,17,22). The predicted molar refractivity (Wildman–Crippen MR) is 86.8 cm³/mol. The second-order valence-corrected chi connectivity index (χ2v) is 4.90. The molecule has 3 aromatic rings. The van der Waals surface area contributed by atoms with Crippen LogP contribution >= 0.6 is 0 Å². The van der Waals surface area contributed by atoms with Gasteiger partial charge < -0.3 is 10.1 Å². The van der Waals surface area contributed by atoms with Crippen LogP contribution in [0.25, 0.3) is 5.69 Å². The van der Waals surface area contributed by atoms with Crippen LogP contribution in [0.4, 0.5) is 11.4 Å². The molecule has 0 spiro atoms. The molecule has 1 heterocycles. The molecule has 0 saturated heterocycles. The molecule has 0 radical (unpaired) electrons. The maximum Gasteiger partial charge on any atom is 0.311 e. The van der Waals surface area contributed by atoms with Crippen molar-refractivity contribution < 1.29 is 14.5 Å². The Hall–Kier alpha value is -3.82. The highest BCUT2D eigenvalue weighted by molar-refractivity contribution is 6.05. The van der Waals surface area contributed by atoms with Crippen molar-refractivity contribution in [3.8, 4) is 11.4 Å². The average molecular weight is 340 g/mol. The molecule has 0 aliphatic rings. The average Bonchev–Trinajstić information content (AvgIpc) is 3.16. The van der Waals surface area contributed by atoms with Gasteiger partial charge in [-0.3, -0.25) is 14.9 Å². The van der Waals surface area contributed by atoms with Gasteiger partial charge in [0.25, 0.3) is 5.91 Å². The number of rotatable bonds is 5. The zero-order valence-electron chi connectivity index (χ0n) is 13.0. The molecule has 0 aliphatic heterocycles. The summed E-state index contributed by atoms with van der Waals surface area (Å²) in [5.41, 5.74) is 1.01. The van der Waals surface area contributed by atoms with E-state index < -0.39 is 10.8 Å². The lowest BCUT2D eigenvalue weighted by molar-refractivity contribution is -0.385. The van der Waals surface area contributed by atoms with E-state index in [9.17, 15) is 14.9 Å². The number of tetrazole rings is 1. The lowest BCUT2D eigenvalue weighted by Gasteiger charge is -2.08. The van der Waals surface area contributed by atoms with Crippen LogP contribution in [0.3, 0.4) is 0 Å². The minimum Gasteiger partial charge on any atom is -0.490 e. The topological polar surface area (TPSA) is 125 Å². The first-order valence-electron chi connectivity index (χ1n) is 7.05. The maximum absolute atomic E-state index is 12.4. The third-order valence-electron chi connectivity index (χ3n) is 3.36. The Morgan fingerprint density at radius 1 is 1.28 bits per heavy atom. The molecule has 0 atom stereocenters. The maximum atomic E-state index is 12.4. The molecule has 2 aromatic carbocycles. The lowest BCUT2D eigenvalue weighted by Crippen LogP contribution is -2.12. The summed E-state index contributed by atoms with van der Waals surface area (Å²) >= 11 is 0.